The molecule has 2 atom stereocenters. The summed E-state index contributed by atoms with van der Waals surface area (Å²) < 4.78 is 73.2. The molecule has 0 aromatic carbocycles. The van der Waals surface area contributed by atoms with Gasteiger partial charge < -0.3 is 14.2 Å². The molecule has 4 aliphatic rings. The maximum Gasteiger partial charge on any atom is 0.508 e. The number of halogens is 2. The number of alkyl halides is 2. The van der Waals surface area contributed by atoms with Gasteiger partial charge in [0.1, 0.15) is 18.8 Å². The second-order valence-electron chi connectivity index (χ2n) is 7.45. The number of carbonyl (C=O) groups excluding carboxylic acids is 2. The Morgan fingerprint density at radius 1 is 1.10 bits per heavy atom. The van der Waals surface area contributed by atoms with Gasteiger partial charge >= 0.3 is 27.5 Å². The highest BCUT2D eigenvalue weighted by Gasteiger charge is 2.58. The van der Waals surface area contributed by atoms with E-state index in [0.29, 0.717) is 30.8 Å². The molecule has 2 aliphatic carbocycles. The molecule has 2 saturated carbocycles. The van der Waals surface area contributed by atoms with Crippen LogP contribution in [-0.4, -0.2) is 71.2 Å². The molecule has 1 N–H and O–H groups in total. The zero-order valence-corrected chi connectivity index (χ0v) is 17.8. The van der Waals surface area contributed by atoms with Crippen molar-refractivity contribution in [3.05, 3.63) is 0 Å². The van der Waals surface area contributed by atoms with Gasteiger partial charge in [0.25, 0.3) is 0 Å². The van der Waals surface area contributed by atoms with Crippen LogP contribution in [0.15, 0.2) is 0 Å². The van der Waals surface area contributed by atoms with Gasteiger partial charge in [-0.05, 0) is 38.0 Å². The first kappa shape index (κ1) is 22.9. The SMILES string of the molecule is O=C1OCCSC2CC3CC(CC(OC(=O)C(F)(F)S(=O)(=O)O)(C3)C2)SCCO1. The predicted molar refractivity (Wildman–Crippen MR) is 102 cm³/mol. The average molecular weight is 477 g/mol. The van der Waals surface area contributed by atoms with Crippen molar-refractivity contribution >= 4 is 45.8 Å². The van der Waals surface area contributed by atoms with Crippen LogP contribution in [0, 0.1) is 5.92 Å². The monoisotopic (exact) mass is 476 g/mol. The van der Waals surface area contributed by atoms with Crippen molar-refractivity contribution in [2.45, 2.75) is 53.5 Å². The van der Waals surface area contributed by atoms with E-state index in [-0.39, 0.29) is 29.6 Å². The van der Waals surface area contributed by atoms with Crippen molar-refractivity contribution in [1.82, 2.24) is 0 Å². The first-order chi connectivity index (χ1) is 13.5. The summed E-state index contributed by atoms with van der Waals surface area (Å²) in [4.78, 5) is 23.4. The van der Waals surface area contributed by atoms with Gasteiger partial charge in [0.05, 0.1) is 0 Å². The van der Waals surface area contributed by atoms with Crippen LogP contribution in [0.2, 0.25) is 0 Å². The lowest BCUT2D eigenvalue weighted by atomic mass is 9.68. The largest absolute Gasteiger partial charge is 0.508 e. The lowest BCUT2D eigenvalue weighted by Gasteiger charge is -2.50. The third-order valence-electron chi connectivity index (χ3n) is 5.24. The zero-order chi connectivity index (χ0) is 21.3. The minimum Gasteiger partial charge on any atom is -0.454 e. The minimum absolute atomic E-state index is 0.0191. The molecular formula is C16H22F2O8S3. The van der Waals surface area contributed by atoms with E-state index in [9.17, 15) is 26.8 Å². The van der Waals surface area contributed by atoms with E-state index in [2.05, 4.69) is 0 Å². The second-order valence-corrected chi connectivity index (χ2v) is 11.7. The molecule has 0 spiro atoms. The summed E-state index contributed by atoms with van der Waals surface area (Å²) in [6, 6.07) is 0. The molecule has 166 valence electrons. The molecule has 2 heterocycles. The van der Waals surface area contributed by atoms with E-state index in [1.165, 1.54) is 23.5 Å². The first-order valence-electron chi connectivity index (χ1n) is 9.12. The highest BCUT2D eigenvalue weighted by Crippen LogP contribution is 2.51. The Morgan fingerprint density at radius 3 is 2.10 bits per heavy atom. The van der Waals surface area contributed by atoms with Crippen molar-refractivity contribution in [3.63, 3.8) is 0 Å². The quantitative estimate of drug-likeness (QED) is 0.481. The molecular weight excluding hydrogens is 454 g/mol. The Bertz CT molecular complexity index is 718. The number of rotatable bonds is 3. The fourth-order valence-corrected chi connectivity index (χ4v) is 7.18. The normalized spacial score (nSPS) is 34.0. The fourth-order valence-electron chi connectivity index (χ4n) is 4.24. The van der Waals surface area contributed by atoms with Gasteiger partial charge in [-0.2, -0.15) is 40.7 Å². The van der Waals surface area contributed by atoms with Gasteiger partial charge in [0, 0.05) is 22.0 Å². The van der Waals surface area contributed by atoms with E-state index in [1.807, 2.05) is 0 Å². The van der Waals surface area contributed by atoms with Crippen molar-refractivity contribution in [2.75, 3.05) is 24.7 Å². The molecule has 4 fully saturated rings. The van der Waals surface area contributed by atoms with Crippen LogP contribution in [0.3, 0.4) is 0 Å². The summed E-state index contributed by atoms with van der Waals surface area (Å²) in [6.07, 6.45) is 1.85. The summed E-state index contributed by atoms with van der Waals surface area (Å²) in [6.45, 7) is 0.266. The molecule has 4 bridgehead atoms. The topological polar surface area (TPSA) is 116 Å². The maximum absolute atomic E-state index is 13.8. The van der Waals surface area contributed by atoms with Crippen LogP contribution < -0.4 is 0 Å². The highest BCUT2D eigenvalue weighted by molar-refractivity contribution is 8.00. The Morgan fingerprint density at radius 2 is 1.62 bits per heavy atom. The predicted octanol–water partition coefficient (Wildman–Crippen LogP) is 2.71. The van der Waals surface area contributed by atoms with Gasteiger partial charge in [-0.1, -0.05) is 0 Å². The van der Waals surface area contributed by atoms with Crippen LogP contribution in [0.5, 0.6) is 0 Å². The van der Waals surface area contributed by atoms with Gasteiger partial charge in [0.2, 0.25) is 0 Å². The Labute approximate surface area is 175 Å². The third-order valence-corrected chi connectivity index (χ3v) is 8.52. The Hall–Kier alpha value is -0.790. The van der Waals surface area contributed by atoms with E-state index < -0.39 is 33.1 Å². The second kappa shape index (κ2) is 8.75. The average Bonchev–Trinajstić information content (AvgIpc) is 2.60. The van der Waals surface area contributed by atoms with Gasteiger partial charge in [-0.25, -0.2) is 9.59 Å². The van der Waals surface area contributed by atoms with Crippen LogP contribution in [0.4, 0.5) is 13.6 Å². The van der Waals surface area contributed by atoms with Crippen LogP contribution in [0.25, 0.3) is 0 Å². The van der Waals surface area contributed by atoms with E-state index in [0.717, 1.165) is 12.8 Å². The maximum atomic E-state index is 13.8. The summed E-state index contributed by atoms with van der Waals surface area (Å²) in [5.41, 5.74) is -1.22. The van der Waals surface area contributed by atoms with E-state index >= 15 is 0 Å². The molecule has 4 rings (SSSR count). The molecule has 13 heteroatoms. The Balaban J connectivity index is 1.79. The molecule has 0 radical (unpaired) electrons. The van der Waals surface area contributed by atoms with Gasteiger partial charge in [-0.3, -0.25) is 4.55 Å². The molecule has 2 unspecified atom stereocenters. The van der Waals surface area contributed by atoms with Gasteiger partial charge in [0.15, 0.2) is 0 Å². The summed E-state index contributed by atoms with van der Waals surface area (Å²) in [5.74, 6) is -1.18. The molecule has 2 saturated heterocycles. The minimum atomic E-state index is -5.92. The third kappa shape index (κ3) is 5.47. The molecule has 2 aliphatic heterocycles. The number of hydrogen-bond donors (Lipinski definition) is 1. The highest BCUT2D eigenvalue weighted by atomic mass is 32.2. The zero-order valence-electron chi connectivity index (χ0n) is 15.4. The number of thioether (sulfide) groups is 2. The molecule has 0 aromatic heterocycles. The Kier molecular flexibility index (Phi) is 6.91. The van der Waals surface area contributed by atoms with Crippen molar-refractivity contribution in [3.8, 4) is 0 Å². The van der Waals surface area contributed by atoms with Crippen LogP contribution in [0.1, 0.15) is 32.1 Å². The molecule has 29 heavy (non-hydrogen) atoms. The lowest BCUT2D eigenvalue weighted by molar-refractivity contribution is -0.186. The van der Waals surface area contributed by atoms with Crippen molar-refractivity contribution < 1.29 is 45.6 Å². The molecule has 0 amide bonds. The van der Waals surface area contributed by atoms with Crippen molar-refractivity contribution in [2.24, 2.45) is 5.92 Å². The molecule has 8 nitrogen and oxygen atoms in total. The number of fused-ring (bicyclic) bond motifs is 8. The summed E-state index contributed by atoms with van der Waals surface area (Å²) in [5, 5.41) is -5.05. The number of esters is 1. The summed E-state index contributed by atoms with van der Waals surface area (Å²) in [7, 11) is -5.92. The van der Waals surface area contributed by atoms with Crippen LogP contribution >= 0.6 is 23.5 Å². The smallest absolute Gasteiger partial charge is 0.454 e. The standard InChI is InChI=1S/C16H22F2O8S3/c17-16(18,29(21,22)23)13(19)26-15-7-10-5-11(8-15)27-3-1-24-14(20)25-2-4-28-12(6-10)9-15/h10-12H,1-9H2,(H,21,22,23). The lowest BCUT2D eigenvalue weighted by Crippen LogP contribution is -2.53. The number of ether oxygens (including phenoxy) is 3. The van der Waals surface area contributed by atoms with Crippen LogP contribution in [-0.2, 0) is 29.1 Å². The number of hydrogen-bond acceptors (Lipinski definition) is 9. The van der Waals surface area contributed by atoms with E-state index in [4.69, 9.17) is 18.8 Å². The summed E-state index contributed by atoms with van der Waals surface area (Å²) >= 11 is 2.97. The van der Waals surface area contributed by atoms with Crippen molar-refractivity contribution in [1.29, 1.82) is 0 Å². The molecule has 0 aromatic rings. The van der Waals surface area contributed by atoms with Gasteiger partial charge in [-0.15, -0.1) is 0 Å². The first-order valence-corrected chi connectivity index (χ1v) is 12.7. The van der Waals surface area contributed by atoms with E-state index in [1.54, 1.807) is 0 Å². The number of carbonyl (C=O) groups is 2. The fraction of sp³-hybridized carbons (Fsp3) is 0.875.